The second kappa shape index (κ2) is 12.7. The number of benzene rings is 1. The maximum atomic E-state index is 13.2. The lowest BCUT2D eigenvalue weighted by Crippen LogP contribution is -2.38. The lowest BCUT2D eigenvalue weighted by Gasteiger charge is -2.11. The van der Waals surface area contributed by atoms with Crippen molar-refractivity contribution in [2.24, 2.45) is 4.99 Å². The largest absolute Gasteiger partial charge is 0.359 e. The molecule has 0 aliphatic rings. The first-order valence-electron chi connectivity index (χ1n) is 9.38. The fraction of sp³-hybridized carbons (Fsp3) is 0.500. The second-order valence-electron chi connectivity index (χ2n) is 6.23. The van der Waals surface area contributed by atoms with Crippen LogP contribution in [0.2, 0.25) is 0 Å². The molecule has 0 atom stereocenters. The maximum absolute atomic E-state index is 13.2. The summed E-state index contributed by atoms with van der Waals surface area (Å²) in [6.45, 7) is 8.21. The minimum atomic E-state index is -0.207. The molecule has 0 saturated heterocycles. The summed E-state index contributed by atoms with van der Waals surface area (Å²) in [7, 11) is 0. The number of aliphatic imine (C=N–C) groups is 1. The summed E-state index contributed by atoms with van der Waals surface area (Å²) in [6, 6.07) is 8.65. The van der Waals surface area contributed by atoms with E-state index in [9.17, 15) is 4.39 Å². The Labute approximate surface area is 178 Å². The highest BCUT2D eigenvalue weighted by Gasteiger charge is 2.12. The molecule has 0 aliphatic heterocycles. The predicted molar refractivity (Wildman–Crippen MR) is 118 cm³/mol. The van der Waals surface area contributed by atoms with Crippen molar-refractivity contribution in [2.45, 2.75) is 52.5 Å². The Hall–Kier alpha value is -1.64. The van der Waals surface area contributed by atoms with Crippen LogP contribution in [0.1, 0.15) is 56.5 Å². The first-order chi connectivity index (χ1) is 12.7. The van der Waals surface area contributed by atoms with Crippen molar-refractivity contribution in [3.8, 4) is 0 Å². The van der Waals surface area contributed by atoms with Gasteiger partial charge in [0.15, 0.2) is 11.7 Å². The molecule has 0 unspecified atom stereocenters. The van der Waals surface area contributed by atoms with Crippen LogP contribution in [-0.4, -0.2) is 24.2 Å². The van der Waals surface area contributed by atoms with Crippen LogP contribution in [0.15, 0.2) is 39.8 Å². The zero-order chi connectivity index (χ0) is 18.8. The molecule has 0 saturated carbocycles. The lowest BCUT2D eigenvalue weighted by molar-refractivity contribution is 0.372. The van der Waals surface area contributed by atoms with E-state index in [-0.39, 0.29) is 29.8 Å². The van der Waals surface area contributed by atoms with Crippen LogP contribution in [0.5, 0.6) is 0 Å². The van der Waals surface area contributed by atoms with Gasteiger partial charge in [0, 0.05) is 25.1 Å². The van der Waals surface area contributed by atoms with Crippen LogP contribution in [0.3, 0.4) is 0 Å². The zero-order valence-electron chi connectivity index (χ0n) is 16.3. The molecule has 7 heteroatoms. The van der Waals surface area contributed by atoms with Gasteiger partial charge in [-0.05, 0) is 43.9 Å². The number of hydrogen-bond donors (Lipinski definition) is 2. The van der Waals surface area contributed by atoms with Crippen LogP contribution >= 0.6 is 24.0 Å². The van der Waals surface area contributed by atoms with Crippen LogP contribution in [0.25, 0.3) is 0 Å². The average molecular weight is 488 g/mol. The molecule has 2 rings (SSSR count). The molecule has 0 radical (unpaired) electrons. The molecular weight excluding hydrogens is 458 g/mol. The van der Waals surface area contributed by atoms with Gasteiger partial charge in [-0.15, -0.1) is 24.0 Å². The third-order valence-corrected chi connectivity index (χ3v) is 4.31. The number of hydrogen-bond acceptors (Lipinski definition) is 3. The van der Waals surface area contributed by atoms with Crippen LogP contribution in [0.4, 0.5) is 4.39 Å². The molecule has 0 bridgehead atoms. The summed E-state index contributed by atoms with van der Waals surface area (Å²) >= 11 is 0. The van der Waals surface area contributed by atoms with Gasteiger partial charge in [-0.3, -0.25) is 0 Å². The molecule has 0 amide bonds. The zero-order valence-corrected chi connectivity index (χ0v) is 18.6. The molecule has 5 nitrogen and oxygen atoms in total. The van der Waals surface area contributed by atoms with E-state index in [1.807, 2.05) is 19.1 Å². The Morgan fingerprint density at radius 3 is 2.63 bits per heavy atom. The van der Waals surface area contributed by atoms with Gasteiger partial charge in [0.25, 0.3) is 0 Å². The summed E-state index contributed by atoms with van der Waals surface area (Å²) in [6.07, 6.45) is 2.83. The van der Waals surface area contributed by atoms with Crippen molar-refractivity contribution in [3.63, 3.8) is 0 Å². The van der Waals surface area contributed by atoms with Gasteiger partial charge in [-0.2, -0.15) is 0 Å². The van der Waals surface area contributed by atoms with Crippen molar-refractivity contribution in [2.75, 3.05) is 13.1 Å². The van der Waals surface area contributed by atoms with Gasteiger partial charge >= 0.3 is 0 Å². The van der Waals surface area contributed by atoms with Crippen LogP contribution in [-0.2, 0) is 13.0 Å². The van der Waals surface area contributed by atoms with Gasteiger partial charge in [-0.1, -0.05) is 31.1 Å². The van der Waals surface area contributed by atoms with Gasteiger partial charge < -0.3 is 15.2 Å². The number of aromatic nitrogens is 1. The van der Waals surface area contributed by atoms with E-state index < -0.39 is 0 Å². The summed E-state index contributed by atoms with van der Waals surface area (Å²) < 4.78 is 18.6. The molecule has 1 aromatic carbocycles. The minimum Gasteiger partial charge on any atom is -0.359 e. The van der Waals surface area contributed by atoms with Crippen molar-refractivity contribution < 1.29 is 8.91 Å². The Bertz CT molecular complexity index is 701. The monoisotopic (exact) mass is 488 g/mol. The van der Waals surface area contributed by atoms with Crippen molar-refractivity contribution >= 4 is 29.9 Å². The third kappa shape index (κ3) is 7.86. The van der Waals surface area contributed by atoms with Crippen LogP contribution in [0, 0.1) is 5.82 Å². The normalized spacial score (nSPS) is 11.4. The standard InChI is InChI=1S/C20H29FN4O.HI/c1-4-16(5-2)19-13-18(26-25-19)14-24-20(22-6-3)23-11-10-15-8-7-9-17(21)12-15;/h7-9,12-13,16H,4-6,10-11,14H2,1-3H3,(H2,22,23,24);1H. The SMILES string of the molecule is CCNC(=NCc1cc(C(CC)CC)no1)NCCc1cccc(F)c1.I. The van der Waals surface area contributed by atoms with E-state index in [1.165, 1.54) is 6.07 Å². The van der Waals surface area contributed by atoms with Gasteiger partial charge in [0.1, 0.15) is 12.4 Å². The molecule has 0 spiro atoms. The fourth-order valence-electron chi connectivity index (χ4n) is 2.82. The van der Waals surface area contributed by atoms with E-state index in [0.717, 1.165) is 42.8 Å². The molecular formula is C20H30FIN4O. The number of nitrogens with zero attached hydrogens (tertiary/aromatic N) is 2. The smallest absolute Gasteiger partial charge is 0.191 e. The highest BCUT2D eigenvalue weighted by atomic mass is 127. The van der Waals surface area contributed by atoms with Gasteiger partial charge in [-0.25, -0.2) is 9.38 Å². The van der Waals surface area contributed by atoms with Crippen molar-refractivity contribution in [3.05, 3.63) is 53.2 Å². The third-order valence-electron chi connectivity index (χ3n) is 4.31. The highest BCUT2D eigenvalue weighted by molar-refractivity contribution is 14.0. The number of rotatable bonds is 9. The fourth-order valence-corrected chi connectivity index (χ4v) is 2.82. The Kier molecular flexibility index (Phi) is 11.0. The number of guanidine groups is 1. The summed E-state index contributed by atoms with van der Waals surface area (Å²) in [5.74, 6) is 1.70. The molecule has 1 aromatic heterocycles. The summed E-state index contributed by atoms with van der Waals surface area (Å²) in [5.41, 5.74) is 1.96. The van der Waals surface area contributed by atoms with E-state index in [0.29, 0.717) is 25.0 Å². The van der Waals surface area contributed by atoms with Crippen LogP contribution < -0.4 is 10.6 Å². The summed E-state index contributed by atoms with van der Waals surface area (Å²) in [5, 5.41) is 10.6. The molecule has 150 valence electrons. The first kappa shape index (κ1) is 23.4. The topological polar surface area (TPSA) is 62.5 Å². The average Bonchev–Trinajstić information content (AvgIpc) is 3.09. The molecule has 1 heterocycles. The van der Waals surface area contributed by atoms with Gasteiger partial charge in [0.05, 0.1) is 5.69 Å². The molecule has 0 fully saturated rings. The first-order valence-corrected chi connectivity index (χ1v) is 9.38. The number of nitrogens with one attached hydrogen (secondary N) is 2. The Balaban J connectivity index is 0.00000364. The molecule has 0 aliphatic carbocycles. The number of halogens is 2. The van der Waals surface area contributed by atoms with E-state index in [4.69, 9.17) is 4.52 Å². The molecule has 2 N–H and O–H groups in total. The van der Waals surface area contributed by atoms with Crippen molar-refractivity contribution in [1.29, 1.82) is 0 Å². The van der Waals surface area contributed by atoms with Crippen molar-refractivity contribution in [1.82, 2.24) is 15.8 Å². The highest BCUT2D eigenvalue weighted by Crippen LogP contribution is 2.22. The van der Waals surface area contributed by atoms with E-state index >= 15 is 0 Å². The Morgan fingerprint density at radius 1 is 1.19 bits per heavy atom. The Morgan fingerprint density at radius 2 is 1.96 bits per heavy atom. The second-order valence-corrected chi connectivity index (χ2v) is 6.23. The van der Waals surface area contributed by atoms with E-state index in [2.05, 4.69) is 34.6 Å². The molecule has 2 aromatic rings. The lowest BCUT2D eigenvalue weighted by atomic mass is 9.99. The van der Waals surface area contributed by atoms with Gasteiger partial charge in [0.2, 0.25) is 0 Å². The molecule has 27 heavy (non-hydrogen) atoms. The minimum absolute atomic E-state index is 0. The summed E-state index contributed by atoms with van der Waals surface area (Å²) in [4.78, 5) is 4.54. The maximum Gasteiger partial charge on any atom is 0.191 e. The quantitative estimate of drug-likeness (QED) is 0.307. The predicted octanol–water partition coefficient (Wildman–Crippen LogP) is 4.63. The van der Waals surface area contributed by atoms with E-state index in [1.54, 1.807) is 12.1 Å².